The zero-order chi connectivity index (χ0) is 13.8. The van der Waals surface area contributed by atoms with Crippen molar-refractivity contribution in [2.75, 3.05) is 7.05 Å². The third kappa shape index (κ3) is 4.97. The number of benzene rings is 1. The number of thiazole rings is 1. The quantitative estimate of drug-likeness (QED) is 0.924. The first kappa shape index (κ1) is 19.9. The van der Waals surface area contributed by atoms with Gasteiger partial charge in [-0.15, -0.1) is 36.2 Å². The number of aryl methyl sites for hydroxylation is 1. The van der Waals surface area contributed by atoms with Gasteiger partial charge in [-0.3, -0.25) is 4.79 Å². The second-order valence-electron chi connectivity index (χ2n) is 4.44. The fourth-order valence-electron chi connectivity index (χ4n) is 1.81. The molecule has 1 aromatic heterocycles. The highest BCUT2D eigenvalue weighted by atomic mass is 35.5. The van der Waals surface area contributed by atoms with Gasteiger partial charge in [0.25, 0.3) is 0 Å². The monoisotopic (exact) mass is 347 g/mol. The molecule has 0 aliphatic heterocycles. The van der Waals surface area contributed by atoms with Crippen LogP contribution in [0.15, 0.2) is 35.8 Å². The molecular formula is C14H19Cl2N3OS. The van der Waals surface area contributed by atoms with E-state index in [0.717, 1.165) is 16.1 Å². The van der Waals surface area contributed by atoms with Crippen molar-refractivity contribution in [1.82, 2.24) is 9.88 Å². The van der Waals surface area contributed by atoms with Crippen LogP contribution in [0, 0.1) is 6.92 Å². The Hall–Kier alpha value is -1.14. The predicted octanol–water partition coefficient (Wildman–Crippen LogP) is 2.95. The number of nitrogens with zero attached hydrogens (tertiary/aromatic N) is 2. The van der Waals surface area contributed by atoms with Gasteiger partial charge in [0, 0.05) is 11.9 Å². The van der Waals surface area contributed by atoms with Gasteiger partial charge < -0.3 is 10.6 Å². The highest BCUT2D eigenvalue weighted by Crippen LogP contribution is 2.17. The lowest BCUT2D eigenvalue weighted by atomic mass is 10.1. The minimum absolute atomic E-state index is 0. The molecule has 0 fully saturated rings. The number of hydrogen-bond acceptors (Lipinski definition) is 4. The Morgan fingerprint density at radius 3 is 2.48 bits per heavy atom. The van der Waals surface area contributed by atoms with E-state index >= 15 is 0 Å². The van der Waals surface area contributed by atoms with E-state index in [9.17, 15) is 4.79 Å². The average molecular weight is 348 g/mol. The molecule has 7 heteroatoms. The van der Waals surface area contributed by atoms with Crippen LogP contribution in [0.4, 0.5) is 0 Å². The number of amides is 1. The molecule has 0 saturated heterocycles. The van der Waals surface area contributed by atoms with E-state index in [1.165, 1.54) is 0 Å². The van der Waals surface area contributed by atoms with E-state index in [-0.39, 0.29) is 30.7 Å². The van der Waals surface area contributed by atoms with Gasteiger partial charge in [0.15, 0.2) is 0 Å². The summed E-state index contributed by atoms with van der Waals surface area (Å²) in [5.41, 5.74) is 9.60. The molecule has 1 heterocycles. The van der Waals surface area contributed by atoms with Crippen LogP contribution in [-0.4, -0.2) is 22.8 Å². The number of hydrogen-bond donors (Lipinski definition) is 1. The topological polar surface area (TPSA) is 59.2 Å². The first-order chi connectivity index (χ1) is 9.09. The van der Waals surface area contributed by atoms with Gasteiger partial charge in [0.1, 0.15) is 6.04 Å². The summed E-state index contributed by atoms with van der Waals surface area (Å²) in [5, 5.41) is 0. The van der Waals surface area contributed by atoms with Gasteiger partial charge in [0.2, 0.25) is 5.91 Å². The maximum atomic E-state index is 12.3. The fourth-order valence-corrected chi connectivity index (χ4v) is 2.64. The maximum Gasteiger partial charge on any atom is 0.244 e. The highest BCUT2D eigenvalue weighted by molar-refractivity contribution is 7.09. The number of likely N-dealkylation sites (N-methyl/N-ethyl adjacent to an activating group) is 1. The van der Waals surface area contributed by atoms with Crippen LogP contribution in [0.5, 0.6) is 0 Å². The van der Waals surface area contributed by atoms with E-state index in [4.69, 9.17) is 5.73 Å². The van der Waals surface area contributed by atoms with Gasteiger partial charge >= 0.3 is 0 Å². The molecule has 0 aliphatic rings. The van der Waals surface area contributed by atoms with Crippen LogP contribution in [0.1, 0.15) is 22.2 Å². The molecule has 1 amide bonds. The van der Waals surface area contributed by atoms with Gasteiger partial charge in [-0.05, 0) is 12.5 Å². The number of aromatic nitrogens is 1. The van der Waals surface area contributed by atoms with Gasteiger partial charge in [-0.2, -0.15) is 0 Å². The lowest BCUT2D eigenvalue weighted by Crippen LogP contribution is -2.35. The van der Waals surface area contributed by atoms with E-state index in [0.29, 0.717) is 6.54 Å². The third-order valence-electron chi connectivity index (χ3n) is 3.03. The van der Waals surface area contributed by atoms with E-state index in [2.05, 4.69) is 4.98 Å². The summed E-state index contributed by atoms with van der Waals surface area (Å²) in [4.78, 5) is 19.2. The standard InChI is InChI=1S/C14H17N3OS.2ClH/c1-10-12(19-9-16-10)8-17(2)14(18)13(15)11-6-4-3-5-7-11;;/h3-7,9,13H,8,15H2,1-2H3;2*1H. The summed E-state index contributed by atoms with van der Waals surface area (Å²) < 4.78 is 0. The minimum atomic E-state index is -0.612. The van der Waals surface area contributed by atoms with Crippen molar-refractivity contribution in [1.29, 1.82) is 0 Å². The van der Waals surface area contributed by atoms with Crippen LogP contribution in [0.25, 0.3) is 0 Å². The summed E-state index contributed by atoms with van der Waals surface area (Å²) in [6.45, 7) is 2.50. The molecular weight excluding hydrogens is 329 g/mol. The Bertz CT molecular complexity index is 562. The van der Waals surface area contributed by atoms with Crippen molar-refractivity contribution in [2.24, 2.45) is 5.73 Å². The molecule has 1 unspecified atom stereocenters. The van der Waals surface area contributed by atoms with Crippen LogP contribution >= 0.6 is 36.2 Å². The molecule has 2 rings (SSSR count). The van der Waals surface area contributed by atoms with Gasteiger partial charge in [0.05, 0.1) is 17.7 Å². The van der Waals surface area contributed by atoms with Gasteiger partial charge in [-0.25, -0.2) is 4.98 Å². The largest absolute Gasteiger partial charge is 0.339 e. The Morgan fingerprint density at radius 2 is 1.95 bits per heavy atom. The van der Waals surface area contributed by atoms with E-state index < -0.39 is 6.04 Å². The molecule has 21 heavy (non-hydrogen) atoms. The maximum absolute atomic E-state index is 12.3. The normalized spacial score (nSPS) is 11.0. The Labute approximate surface area is 141 Å². The SMILES string of the molecule is Cc1ncsc1CN(C)C(=O)C(N)c1ccccc1.Cl.Cl. The Kier molecular flexibility index (Phi) is 8.51. The molecule has 0 aliphatic carbocycles. The lowest BCUT2D eigenvalue weighted by Gasteiger charge is -2.21. The molecule has 1 aromatic carbocycles. The highest BCUT2D eigenvalue weighted by Gasteiger charge is 2.20. The van der Waals surface area contributed by atoms with E-state index in [1.807, 2.05) is 37.3 Å². The number of carbonyl (C=O) groups excluding carboxylic acids is 1. The molecule has 2 aromatic rings. The van der Waals surface area contributed by atoms with Crippen LogP contribution in [-0.2, 0) is 11.3 Å². The van der Waals surface area contributed by atoms with Crippen LogP contribution in [0.2, 0.25) is 0 Å². The second kappa shape index (κ2) is 9.00. The Balaban J connectivity index is 0.00000200. The molecule has 1 atom stereocenters. The molecule has 116 valence electrons. The third-order valence-corrected chi connectivity index (χ3v) is 3.95. The second-order valence-corrected chi connectivity index (χ2v) is 5.38. The van der Waals surface area contributed by atoms with E-state index in [1.54, 1.807) is 28.8 Å². The number of nitrogens with two attached hydrogens (primary N) is 1. The molecule has 0 bridgehead atoms. The van der Waals surface area contributed by atoms with Crippen molar-refractivity contribution >= 4 is 42.1 Å². The average Bonchev–Trinajstić information content (AvgIpc) is 2.83. The van der Waals surface area contributed by atoms with Crippen molar-refractivity contribution < 1.29 is 4.79 Å². The summed E-state index contributed by atoms with van der Waals surface area (Å²) in [7, 11) is 1.77. The molecule has 0 spiro atoms. The molecule has 0 saturated carbocycles. The van der Waals surface area contributed by atoms with Crippen LogP contribution < -0.4 is 5.73 Å². The van der Waals surface area contributed by atoms with Gasteiger partial charge in [-0.1, -0.05) is 30.3 Å². The van der Waals surface area contributed by atoms with Crippen molar-refractivity contribution in [2.45, 2.75) is 19.5 Å². The zero-order valence-corrected chi connectivity index (χ0v) is 14.3. The summed E-state index contributed by atoms with van der Waals surface area (Å²) in [6.07, 6.45) is 0. The smallest absolute Gasteiger partial charge is 0.244 e. The van der Waals surface area contributed by atoms with Crippen molar-refractivity contribution in [3.8, 4) is 0 Å². The molecule has 4 nitrogen and oxygen atoms in total. The van der Waals surface area contributed by atoms with Crippen LogP contribution in [0.3, 0.4) is 0 Å². The fraction of sp³-hybridized carbons (Fsp3) is 0.286. The number of rotatable bonds is 4. The Morgan fingerprint density at radius 1 is 1.33 bits per heavy atom. The van der Waals surface area contributed by atoms with Crippen molar-refractivity contribution in [3.63, 3.8) is 0 Å². The first-order valence-electron chi connectivity index (χ1n) is 6.04. The summed E-state index contributed by atoms with van der Waals surface area (Å²) in [6, 6.07) is 8.80. The zero-order valence-electron chi connectivity index (χ0n) is 11.9. The molecule has 0 radical (unpaired) electrons. The first-order valence-corrected chi connectivity index (χ1v) is 6.92. The summed E-state index contributed by atoms with van der Waals surface area (Å²) in [5.74, 6) is -0.0843. The number of halogens is 2. The molecule has 2 N–H and O–H groups in total. The lowest BCUT2D eigenvalue weighted by molar-refractivity contribution is -0.131. The minimum Gasteiger partial charge on any atom is -0.339 e. The van der Waals surface area contributed by atoms with Crippen molar-refractivity contribution in [3.05, 3.63) is 52.0 Å². The number of carbonyl (C=O) groups is 1. The predicted molar refractivity (Wildman–Crippen MR) is 91.2 cm³/mol. The summed E-state index contributed by atoms with van der Waals surface area (Å²) >= 11 is 1.56.